The molecule has 0 aliphatic carbocycles. The van der Waals surface area contributed by atoms with Gasteiger partial charge in [-0.3, -0.25) is 9.59 Å². The van der Waals surface area contributed by atoms with E-state index < -0.39 is 5.82 Å². The van der Waals surface area contributed by atoms with Gasteiger partial charge in [0.1, 0.15) is 11.5 Å². The highest BCUT2D eigenvalue weighted by Crippen LogP contribution is 2.39. The molecular formula is C23H22FN5O3. The topological polar surface area (TPSA) is 104 Å². The fourth-order valence-corrected chi connectivity index (χ4v) is 4.18. The molecule has 0 radical (unpaired) electrons. The van der Waals surface area contributed by atoms with Gasteiger partial charge in [0, 0.05) is 28.5 Å². The van der Waals surface area contributed by atoms with E-state index in [2.05, 4.69) is 26.4 Å². The normalized spacial score (nSPS) is 21.0. The molecule has 5 rings (SSSR count). The third-order valence-corrected chi connectivity index (χ3v) is 5.71. The molecular weight excluding hydrogens is 413 g/mol. The quantitative estimate of drug-likeness (QED) is 0.436. The second-order valence-corrected chi connectivity index (χ2v) is 7.87. The van der Waals surface area contributed by atoms with Crippen molar-refractivity contribution in [1.29, 1.82) is 0 Å². The minimum Gasteiger partial charge on any atom is -0.385 e. The molecule has 32 heavy (non-hydrogen) atoms. The predicted molar refractivity (Wildman–Crippen MR) is 119 cm³/mol. The van der Waals surface area contributed by atoms with Crippen molar-refractivity contribution < 1.29 is 18.8 Å². The summed E-state index contributed by atoms with van der Waals surface area (Å²) in [6.07, 6.45) is 1.75. The number of carbonyl (C=O) groups is 2. The maximum absolute atomic E-state index is 13.9. The Morgan fingerprint density at radius 1 is 1.09 bits per heavy atom. The molecule has 2 aromatic rings. The maximum Gasteiger partial charge on any atom is 0.260 e. The van der Waals surface area contributed by atoms with Crippen molar-refractivity contribution in [2.24, 2.45) is 5.16 Å². The number of nitrogens with one attached hydrogen (secondary N) is 4. The monoisotopic (exact) mass is 435 g/mol. The molecule has 0 aromatic heterocycles. The van der Waals surface area contributed by atoms with Gasteiger partial charge in [0.25, 0.3) is 11.8 Å². The summed E-state index contributed by atoms with van der Waals surface area (Å²) in [7, 11) is 0. The van der Waals surface area contributed by atoms with Crippen LogP contribution in [-0.4, -0.2) is 43.3 Å². The minimum atomic E-state index is -0.446. The summed E-state index contributed by atoms with van der Waals surface area (Å²) < 4.78 is 13.9. The van der Waals surface area contributed by atoms with Crippen molar-refractivity contribution in [3.63, 3.8) is 0 Å². The van der Waals surface area contributed by atoms with E-state index >= 15 is 0 Å². The number of para-hydroxylation sites is 1. The highest BCUT2D eigenvalue weighted by atomic mass is 19.1. The van der Waals surface area contributed by atoms with Crippen molar-refractivity contribution in [2.45, 2.75) is 18.9 Å². The SMILES string of the molecule is O=C(CO/N=C1/C(=C2/C(=O)Nc3ccc(F)cc32)Nc2ccccc21)NC1CCNCC1. The van der Waals surface area contributed by atoms with Crippen LogP contribution in [0.4, 0.5) is 15.8 Å². The smallest absolute Gasteiger partial charge is 0.260 e. The van der Waals surface area contributed by atoms with Crippen LogP contribution in [-0.2, 0) is 14.4 Å². The molecule has 2 amide bonds. The van der Waals surface area contributed by atoms with Crippen LogP contribution >= 0.6 is 0 Å². The second-order valence-electron chi connectivity index (χ2n) is 7.87. The molecule has 0 atom stereocenters. The first kappa shape index (κ1) is 20.2. The maximum atomic E-state index is 13.9. The van der Waals surface area contributed by atoms with Crippen LogP contribution in [0.3, 0.4) is 0 Å². The predicted octanol–water partition coefficient (Wildman–Crippen LogP) is 2.20. The average molecular weight is 435 g/mol. The van der Waals surface area contributed by atoms with Gasteiger partial charge in [-0.2, -0.15) is 0 Å². The van der Waals surface area contributed by atoms with E-state index in [1.54, 1.807) is 0 Å². The number of fused-ring (bicyclic) bond motifs is 2. The molecule has 2 aromatic carbocycles. The number of hydrogen-bond donors (Lipinski definition) is 4. The molecule has 0 spiro atoms. The van der Waals surface area contributed by atoms with Gasteiger partial charge in [-0.15, -0.1) is 0 Å². The van der Waals surface area contributed by atoms with Gasteiger partial charge in [0.2, 0.25) is 0 Å². The highest BCUT2D eigenvalue weighted by Gasteiger charge is 2.34. The van der Waals surface area contributed by atoms with Crippen molar-refractivity contribution >= 4 is 34.5 Å². The lowest BCUT2D eigenvalue weighted by atomic mass is 10.0. The van der Waals surface area contributed by atoms with Gasteiger partial charge in [-0.05, 0) is 50.2 Å². The van der Waals surface area contributed by atoms with Crippen LogP contribution in [0.5, 0.6) is 0 Å². The number of anilines is 2. The van der Waals surface area contributed by atoms with Crippen LogP contribution in [0.2, 0.25) is 0 Å². The van der Waals surface area contributed by atoms with Gasteiger partial charge < -0.3 is 26.1 Å². The van der Waals surface area contributed by atoms with Crippen LogP contribution in [0.25, 0.3) is 5.57 Å². The average Bonchev–Trinajstić information content (AvgIpc) is 3.30. The van der Waals surface area contributed by atoms with E-state index in [-0.39, 0.29) is 30.0 Å². The molecule has 8 nitrogen and oxygen atoms in total. The number of benzene rings is 2. The zero-order valence-corrected chi connectivity index (χ0v) is 17.2. The third kappa shape index (κ3) is 3.82. The van der Waals surface area contributed by atoms with Crippen LogP contribution in [0.1, 0.15) is 24.0 Å². The minimum absolute atomic E-state index is 0.125. The number of hydrogen-bond acceptors (Lipinski definition) is 6. The third-order valence-electron chi connectivity index (χ3n) is 5.71. The fraction of sp³-hybridized carbons (Fsp3) is 0.261. The Hall–Kier alpha value is -3.72. The molecule has 1 fully saturated rings. The van der Waals surface area contributed by atoms with E-state index in [1.807, 2.05) is 24.3 Å². The first-order valence-electron chi connectivity index (χ1n) is 10.5. The lowest BCUT2D eigenvalue weighted by Crippen LogP contribution is -2.43. The Kier molecular flexibility index (Phi) is 5.32. The van der Waals surface area contributed by atoms with Crippen LogP contribution in [0, 0.1) is 5.82 Å². The molecule has 4 N–H and O–H groups in total. The zero-order valence-electron chi connectivity index (χ0n) is 17.2. The Balaban J connectivity index is 1.43. The Labute approximate surface area is 183 Å². The number of rotatable bonds is 4. The molecule has 1 saturated heterocycles. The molecule has 3 aliphatic heterocycles. The molecule has 3 heterocycles. The van der Waals surface area contributed by atoms with E-state index in [4.69, 9.17) is 4.84 Å². The second kappa shape index (κ2) is 8.43. The molecule has 0 saturated carbocycles. The number of allylic oxidation sites excluding steroid dienone is 1. The van der Waals surface area contributed by atoms with Gasteiger partial charge in [-0.25, -0.2) is 4.39 Å². The van der Waals surface area contributed by atoms with Crippen molar-refractivity contribution in [2.75, 3.05) is 30.3 Å². The number of halogens is 1. The molecule has 0 bridgehead atoms. The van der Waals surface area contributed by atoms with Crippen LogP contribution < -0.4 is 21.3 Å². The highest BCUT2D eigenvalue weighted by molar-refractivity contribution is 6.39. The van der Waals surface area contributed by atoms with Gasteiger partial charge in [-0.1, -0.05) is 23.4 Å². The van der Waals surface area contributed by atoms with E-state index in [0.29, 0.717) is 22.7 Å². The Morgan fingerprint density at radius 3 is 2.72 bits per heavy atom. The molecule has 3 aliphatic rings. The number of nitrogens with zero attached hydrogens (tertiary/aromatic N) is 1. The van der Waals surface area contributed by atoms with Crippen molar-refractivity contribution in [3.8, 4) is 0 Å². The molecule has 164 valence electrons. The zero-order chi connectivity index (χ0) is 22.1. The summed E-state index contributed by atoms with van der Waals surface area (Å²) in [5.74, 6) is -1.06. The lowest BCUT2D eigenvalue weighted by molar-refractivity contribution is -0.126. The largest absolute Gasteiger partial charge is 0.385 e. The van der Waals surface area contributed by atoms with Gasteiger partial charge >= 0.3 is 0 Å². The van der Waals surface area contributed by atoms with Crippen LogP contribution in [0.15, 0.2) is 53.3 Å². The van der Waals surface area contributed by atoms with Gasteiger partial charge in [0.05, 0.1) is 11.3 Å². The Bertz CT molecular complexity index is 1150. The number of piperidine rings is 1. The summed E-state index contributed by atoms with van der Waals surface area (Å²) in [4.78, 5) is 30.4. The van der Waals surface area contributed by atoms with Crippen molar-refractivity contribution in [1.82, 2.24) is 10.6 Å². The van der Waals surface area contributed by atoms with Crippen molar-refractivity contribution in [3.05, 3.63) is 65.1 Å². The van der Waals surface area contributed by atoms with Gasteiger partial charge in [0.15, 0.2) is 6.61 Å². The first-order chi connectivity index (χ1) is 15.6. The number of carbonyl (C=O) groups excluding carboxylic acids is 2. The molecule has 9 heteroatoms. The summed E-state index contributed by atoms with van der Waals surface area (Å²) in [6.45, 7) is 1.50. The fourth-order valence-electron chi connectivity index (χ4n) is 4.18. The van der Waals surface area contributed by atoms with E-state index in [1.165, 1.54) is 18.2 Å². The van der Waals surface area contributed by atoms with E-state index in [9.17, 15) is 14.0 Å². The summed E-state index contributed by atoms with van der Waals surface area (Å²) in [6, 6.07) is 11.6. The first-order valence-corrected chi connectivity index (χ1v) is 10.5. The number of oxime groups is 1. The standard InChI is InChI=1S/C23H22FN5O3/c24-13-5-6-18-16(11-13)20(23(31)28-18)22-21(15-3-1-2-4-17(15)27-22)29-32-12-19(30)26-14-7-9-25-10-8-14/h1-6,11,14,25,27H,7-10,12H2,(H,26,30)(H,28,31)/b22-20-,29-21+. The summed E-state index contributed by atoms with van der Waals surface area (Å²) in [5.41, 5.74) is 3.52. The molecule has 0 unspecified atom stereocenters. The van der Waals surface area contributed by atoms with E-state index in [0.717, 1.165) is 37.2 Å². The summed E-state index contributed by atoms with van der Waals surface area (Å²) in [5, 5.41) is 16.4. The lowest BCUT2D eigenvalue weighted by Gasteiger charge is -2.23. The summed E-state index contributed by atoms with van der Waals surface area (Å²) >= 11 is 0. The Morgan fingerprint density at radius 2 is 1.88 bits per heavy atom. The number of amides is 2.